The van der Waals surface area contributed by atoms with Crippen LogP contribution in [0.15, 0.2) is 4.52 Å². The van der Waals surface area contributed by atoms with Crippen molar-refractivity contribution in [1.82, 2.24) is 20.4 Å². The Hall–Kier alpha value is -0.940. The molecule has 2 unspecified atom stereocenters. The first-order chi connectivity index (χ1) is 9.02. The molecule has 0 saturated carbocycles. The maximum absolute atomic E-state index is 5.38. The molecule has 1 N–H and O–H groups in total. The summed E-state index contributed by atoms with van der Waals surface area (Å²) in [5.74, 6) is 2.36. The smallest absolute Gasteiger partial charge is 0.240 e. The lowest BCUT2D eigenvalue weighted by Gasteiger charge is -2.24. The fraction of sp³-hybridized carbons (Fsp3) is 0.857. The molecule has 0 aromatic carbocycles. The largest absolute Gasteiger partial charge is 0.338 e. The van der Waals surface area contributed by atoms with Crippen molar-refractivity contribution in [3.8, 4) is 0 Å². The van der Waals surface area contributed by atoms with E-state index >= 15 is 0 Å². The van der Waals surface area contributed by atoms with E-state index in [2.05, 4.69) is 41.1 Å². The molecule has 0 bridgehead atoms. The Balaban J connectivity index is 1.61. The third-order valence-corrected chi connectivity index (χ3v) is 4.17. The van der Waals surface area contributed by atoms with Crippen LogP contribution in [0.25, 0.3) is 0 Å². The SMILES string of the molecule is CC(C)(C)c1noc(CN2CC3CCCNC3C2)n1. The van der Waals surface area contributed by atoms with Gasteiger partial charge in [0, 0.05) is 24.5 Å². The topological polar surface area (TPSA) is 54.2 Å². The molecule has 2 aliphatic heterocycles. The molecule has 0 radical (unpaired) electrons. The minimum Gasteiger partial charge on any atom is -0.338 e. The quantitative estimate of drug-likeness (QED) is 0.878. The average molecular weight is 264 g/mol. The van der Waals surface area contributed by atoms with Crippen LogP contribution in [-0.2, 0) is 12.0 Å². The second-order valence-corrected chi connectivity index (χ2v) is 6.92. The summed E-state index contributed by atoms with van der Waals surface area (Å²) in [5.41, 5.74) is -0.0394. The number of nitrogens with one attached hydrogen (secondary N) is 1. The summed E-state index contributed by atoms with van der Waals surface area (Å²) in [6, 6.07) is 0.666. The normalized spacial score (nSPS) is 28.6. The number of nitrogens with zero attached hydrogens (tertiary/aromatic N) is 3. The highest BCUT2D eigenvalue weighted by Gasteiger charge is 2.34. The number of fused-ring (bicyclic) bond motifs is 1. The first-order valence-corrected chi connectivity index (χ1v) is 7.31. The van der Waals surface area contributed by atoms with Gasteiger partial charge in [-0.25, -0.2) is 0 Å². The molecule has 19 heavy (non-hydrogen) atoms. The monoisotopic (exact) mass is 264 g/mol. The fourth-order valence-electron chi connectivity index (χ4n) is 3.08. The van der Waals surface area contributed by atoms with E-state index in [1.54, 1.807) is 0 Å². The van der Waals surface area contributed by atoms with Crippen molar-refractivity contribution in [1.29, 1.82) is 0 Å². The molecule has 3 rings (SSSR count). The van der Waals surface area contributed by atoms with Crippen molar-refractivity contribution >= 4 is 0 Å². The average Bonchev–Trinajstić information content (AvgIpc) is 2.94. The Morgan fingerprint density at radius 2 is 2.21 bits per heavy atom. The molecule has 2 atom stereocenters. The third kappa shape index (κ3) is 2.82. The van der Waals surface area contributed by atoms with Gasteiger partial charge in [-0.3, -0.25) is 4.90 Å². The van der Waals surface area contributed by atoms with Crippen LogP contribution >= 0.6 is 0 Å². The van der Waals surface area contributed by atoms with Gasteiger partial charge in [0.15, 0.2) is 5.82 Å². The number of hydrogen-bond acceptors (Lipinski definition) is 5. The highest BCUT2D eigenvalue weighted by Crippen LogP contribution is 2.26. The molecule has 0 amide bonds. The minimum absolute atomic E-state index is 0.0394. The fourth-order valence-corrected chi connectivity index (χ4v) is 3.08. The minimum atomic E-state index is -0.0394. The van der Waals surface area contributed by atoms with Crippen LogP contribution in [0.3, 0.4) is 0 Å². The number of hydrogen-bond donors (Lipinski definition) is 1. The second-order valence-electron chi connectivity index (χ2n) is 6.92. The van der Waals surface area contributed by atoms with Gasteiger partial charge in [0.1, 0.15) is 0 Å². The van der Waals surface area contributed by atoms with Gasteiger partial charge >= 0.3 is 0 Å². The molecule has 5 heteroatoms. The van der Waals surface area contributed by atoms with E-state index in [-0.39, 0.29) is 5.41 Å². The Bertz CT molecular complexity index is 423. The zero-order chi connectivity index (χ0) is 13.5. The highest BCUT2D eigenvalue weighted by molar-refractivity contribution is 5.00. The second kappa shape index (κ2) is 4.87. The molecule has 2 aliphatic rings. The molecular weight excluding hydrogens is 240 g/mol. The van der Waals surface area contributed by atoms with Crippen molar-refractivity contribution in [2.75, 3.05) is 19.6 Å². The van der Waals surface area contributed by atoms with Gasteiger partial charge in [-0.2, -0.15) is 4.98 Å². The van der Waals surface area contributed by atoms with E-state index < -0.39 is 0 Å². The summed E-state index contributed by atoms with van der Waals surface area (Å²) < 4.78 is 5.38. The molecule has 1 aromatic heterocycles. The molecule has 0 spiro atoms. The summed E-state index contributed by atoms with van der Waals surface area (Å²) >= 11 is 0. The van der Waals surface area contributed by atoms with Crippen molar-refractivity contribution < 1.29 is 4.52 Å². The van der Waals surface area contributed by atoms with Gasteiger partial charge in [0.05, 0.1) is 6.54 Å². The zero-order valence-corrected chi connectivity index (χ0v) is 12.1. The summed E-state index contributed by atoms with van der Waals surface area (Å²) in [6.07, 6.45) is 2.66. The van der Waals surface area contributed by atoms with Crippen LogP contribution in [0.4, 0.5) is 0 Å². The van der Waals surface area contributed by atoms with Gasteiger partial charge in [0.25, 0.3) is 0 Å². The molecule has 5 nitrogen and oxygen atoms in total. The van der Waals surface area contributed by atoms with Crippen molar-refractivity contribution in [3.63, 3.8) is 0 Å². The first kappa shape index (κ1) is 13.1. The summed E-state index contributed by atoms with van der Waals surface area (Å²) in [7, 11) is 0. The van der Waals surface area contributed by atoms with Crippen LogP contribution in [0.2, 0.25) is 0 Å². The lowest BCUT2D eigenvalue weighted by Crippen LogP contribution is -2.40. The van der Waals surface area contributed by atoms with Crippen molar-refractivity contribution in [3.05, 3.63) is 11.7 Å². The molecule has 0 aliphatic carbocycles. The van der Waals surface area contributed by atoms with Crippen LogP contribution < -0.4 is 5.32 Å². The van der Waals surface area contributed by atoms with Crippen LogP contribution in [-0.4, -0.2) is 40.7 Å². The number of likely N-dealkylation sites (tertiary alicyclic amines) is 1. The number of rotatable bonds is 2. The van der Waals surface area contributed by atoms with Crippen LogP contribution in [0.5, 0.6) is 0 Å². The van der Waals surface area contributed by atoms with Gasteiger partial charge < -0.3 is 9.84 Å². The summed E-state index contributed by atoms with van der Waals surface area (Å²) in [6.45, 7) is 10.5. The van der Waals surface area contributed by atoms with E-state index in [0.29, 0.717) is 6.04 Å². The third-order valence-electron chi connectivity index (χ3n) is 4.17. The molecule has 2 saturated heterocycles. The highest BCUT2D eigenvalue weighted by atomic mass is 16.5. The Morgan fingerprint density at radius 1 is 1.37 bits per heavy atom. The zero-order valence-electron chi connectivity index (χ0n) is 12.1. The maximum atomic E-state index is 5.38. The number of piperidine rings is 1. The van der Waals surface area contributed by atoms with Crippen LogP contribution in [0.1, 0.15) is 45.3 Å². The Labute approximate surface area is 114 Å². The summed E-state index contributed by atoms with van der Waals surface area (Å²) in [5, 5.41) is 7.71. The molecule has 2 fully saturated rings. The van der Waals surface area contributed by atoms with Gasteiger partial charge in [-0.1, -0.05) is 25.9 Å². The maximum Gasteiger partial charge on any atom is 0.240 e. The molecule has 3 heterocycles. The van der Waals surface area contributed by atoms with E-state index in [4.69, 9.17) is 4.52 Å². The van der Waals surface area contributed by atoms with E-state index in [1.165, 1.54) is 19.4 Å². The standard InChI is InChI=1S/C14H24N4O/c1-14(2,3)13-16-12(19-17-13)9-18-7-10-5-4-6-15-11(10)8-18/h10-11,15H,4-9H2,1-3H3. The Morgan fingerprint density at radius 3 is 2.89 bits per heavy atom. The predicted molar refractivity (Wildman–Crippen MR) is 72.8 cm³/mol. The molecule has 106 valence electrons. The van der Waals surface area contributed by atoms with Gasteiger partial charge in [-0.15, -0.1) is 0 Å². The first-order valence-electron chi connectivity index (χ1n) is 7.31. The van der Waals surface area contributed by atoms with Crippen LogP contribution in [0, 0.1) is 5.92 Å². The molecule has 1 aromatic rings. The van der Waals surface area contributed by atoms with Gasteiger partial charge in [0.2, 0.25) is 5.89 Å². The Kier molecular flexibility index (Phi) is 3.35. The van der Waals surface area contributed by atoms with E-state index in [0.717, 1.165) is 37.3 Å². The van der Waals surface area contributed by atoms with Gasteiger partial charge in [-0.05, 0) is 25.3 Å². The van der Waals surface area contributed by atoms with Crippen molar-refractivity contribution in [2.45, 2.75) is 51.6 Å². The summed E-state index contributed by atoms with van der Waals surface area (Å²) in [4.78, 5) is 6.96. The van der Waals surface area contributed by atoms with E-state index in [9.17, 15) is 0 Å². The predicted octanol–water partition coefficient (Wildman–Crippen LogP) is 1.55. The number of aromatic nitrogens is 2. The molecular formula is C14H24N4O. The van der Waals surface area contributed by atoms with E-state index in [1.807, 2.05) is 0 Å². The van der Waals surface area contributed by atoms with Crippen molar-refractivity contribution in [2.24, 2.45) is 5.92 Å². The lowest BCUT2D eigenvalue weighted by molar-refractivity contribution is 0.257. The lowest BCUT2D eigenvalue weighted by atomic mass is 9.94.